The molecule has 0 fully saturated rings. The fourth-order valence-electron chi connectivity index (χ4n) is 1.42. The molecule has 0 saturated heterocycles. The average molecular weight is 253 g/mol. The largest absolute Gasteiger partial charge is 0.334 e. The molecule has 1 aromatic rings. The molecule has 0 saturated carbocycles. The van der Waals surface area contributed by atoms with Gasteiger partial charge >= 0.3 is 6.03 Å². The number of halogens is 1. The Hall–Kier alpha value is -1.62. The van der Waals surface area contributed by atoms with Crippen molar-refractivity contribution in [2.45, 2.75) is 39.4 Å². The van der Waals surface area contributed by atoms with Crippen LogP contribution in [0.5, 0.6) is 0 Å². The van der Waals surface area contributed by atoms with Crippen LogP contribution in [0.2, 0.25) is 0 Å². The minimum absolute atomic E-state index is 0.151. The van der Waals surface area contributed by atoms with E-state index in [4.69, 9.17) is 5.73 Å². The summed E-state index contributed by atoms with van der Waals surface area (Å²) in [6.07, 6.45) is 0. The minimum atomic E-state index is -0.353. The first-order valence-corrected chi connectivity index (χ1v) is 5.85. The molecule has 0 aliphatic carbocycles. The second-order valence-corrected chi connectivity index (χ2v) is 5.19. The van der Waals surface area contributed by atoms with Crippen molar-refractivity contribution in [2.75, 3.05) is 0 Å². The van der Waals surface area contributed by atoms with Crippen LogP contribution in [-0.4, -0.2) is 11.6 Å². The van der Waals surface area contributed by atoms with Crippen LogP contribution >= 0.6 is 0 Å². The Kier molecular flexibility index (Phi) is 4.67. The molecule has 18 heavy (non-hydrogen) atoms. The van der Waals surface area contributed by atoms with Gasteiger partial charge in [-0.25, -0.2) is 9.18 Å². The maximum Gasteiger partial charge on any atom is 0.315 e. The summed E-state index contributed by atoms with van der Waals surface area (Å²) in [5.74, 6) is -0.353. The third-order valence-electron chi connectivity index (χ3n) is 2.28. The number of urea groups is 1. The van der Waals surface area contributed by atoms with Crippen LogP contribution < -0.4 is 16.4 Å². The monoisotopic (exact) mass is 253 g/mol. The van der Waals surface area contributed by atoms with E-state index in [1.165, 1.54) is 6.07 Å². The molecule has 0 bridgehead atoms. The van der Waals surface area contributed by atoms with E-state index >= 15 is 0 Å². The quantitative estimate of drug-likeness (QED) is 0.770. The summed E-state index contributed by atoms with van der Waals surface area (Å²) in [4.78, 5) is 11.5. The summed E-state index contributed by atoms with van der Waals surface area (Å²) >= 11 is 0. The molecule has 0 aliphatic rings. The van der Waals surface area contributed by atoms with Gasteiger partial charge in [0.2, 0.25) is 0 Å². The Labute approximate surface area is 107 Å². The molecule has 100 valence electrons. The van der Waals surface area contributed by atoms with Crippen LogP contribution in [0.4, 0.5) is 9.18 Å². The Balaban J connectivity index is 2.56. The lowest BCUT2D eigenvalue weighted by atomic mass is 10.1. The van der Waals surface area contributed by atoms with Crippen LogP contribution in [0.1, 0.15) is 31.9 Å². The van der Waals surface area contributed by atoms with Crippen molar-refractivity contribution in [3.05, 3.63) is 35.1 Å². The van der Waals surface area contributed by atoms with Gasteiger partial charge in [0, 0.05) is 24.2 Å². The SMILES string of the molecule is CC(C)(C)NC(=O)NCc1ccc(CN)cc1F. The van der Waals surface area contributed by atoms with Gasteiger partial charge < -0.3 is 16.4 Å². The van der Waals surface area contributed by atoms with Crippen molar-refractivity contribution in [3.8, 4) is 0 Å². The Morgan fingerprint density at radius 2 is 2.06 bits per heavy atom. The van der Waals surface area contributed by atoms with Crippen LogP contribution in [0.15, 0.2) is 18.2 Å². The van der Waals surface area contributed by atoms with E-state index in [2.05, 4.69) is 10.6 Å². The molecule has 1 rings (SSSR count). The van der Waals surface area contributed by atoms with Crippen LogP contribution in [0, 0.1) is 5.82 Å². The average Bonchev–Trinajstić information content (AvgIpc) is 2.25. The van der Waals surface area contributed by atoms with Crippen LogP contribution in [0.25, 0.3) is 0 Å². The third kappa shape index (κ3) is 4.71. The summed E-state index contributed by atoms with van der Waals surface area (Å²) in [6.45, 7) is 6.09. The molecule has 0 heterocycles. The van der Waals surface area contributed by atoms with E-state index < -0.39 is 0 Å². The predicted octanol–water partition coefficient (Wildman–Crippen LogP) is 1.88. The van der Waals surface area contributed by atoms with E-state index in [0.29, 0.717) is 12.1 Å². The second kappa shape index (κ2) is 5.82. The van der Waals surface area contributed by atoms with Crippen LogP contribution in [-0.2, 0) is 13.1 Å². The van der Waals surface area contributed by atoms with Gasteiger partial charge in [-0.15, -0.1) is 0 Å². The van der Waals surface area contributed by atoms with Crippen molar-refractivity contribution in [3.63, 3.8) is 0 Å². The number of amides is 2. The lowest BCUT2D eigenvalue weighted by molar-refractivity contribution is 0.231. The fourth-order valence-corrected chi connectivity index (χ4v) is 1.42. The lowest BCUT2D eigenvalue weighted by Crippen LogP contribution is -2.46. The highest BCUT2D eigenvalue weighted by Crippen LogP contribution is 2.10. The third-order valence-corrected chi connectivity index (χ3v) is 2.28. The Morgan fingerprint density at radius 1 is 1.39 bits per heavy atom. The molecule has 2 amide bonds. The van der Waals surface area contributed by atoms with E-state index in [9.17, 15) is 9.18 Å². The highest BCUT2D eigenvalue weighted by atomic mass is 19.1. The van der Waals surface area contributed by atoms with Gasteiger partial charge in [-0.2, -0.15) is 0 Å². The topological polar surface area (TPSA) is 67.2 Å². The van der Waals surface area contributed by atoms with E-state index in [1.807, 2.05) is 20.8 Å². The summed E-state index contributed by atoms with van der Waals surface area (Å²) in [6, 6.07) is 4.46. The van der Waals surface area contributed by atoms with Gasteiger partial charge in [0.25, 0.3) is 0 Å². The van der Waals surface area contributed by atoms with E-state index in [0.717, 1.165) is 5.56 Å². The summed E-state index contributed by atoms with van der Waals surface area (Å²) in [7, 11) is 0. The highest BCUT2D eigenvalue weighted by Gasteiger charge is 2.13. The van der Waals surface area contributed by atoms with Gasteiger partial charge in [0.1, 0.15) is 5.82 Å². The molecule has 0 aromatic heterocycles. The molecule has 0 atom stereocenters. The molecule has 1 aromatic carbocycles. The predicted molar refractivity (Wildman–Crippen MR) is 69.4 cm³/mol. The molecule has 5 heteroatoms. The molecule has 0 spiro atoms. The van der Waals surface area contributed by atoms with Gasteiger partial charge in [-0.1, -0.05) is 12.1 Å². The summed E-state index contributed by atoms with van der Waals surface area (Å²) < 4.78 is 13.6. The fraction of sp³-hybridized carbons (Fsp3) is 0.462. The molecule has 4 N–H and O–H groups in total. The number of hydrogen-bond acceptors (Lipinski definition) is 2. The summed E-state index contributed by atoms with van der Waals surface area (Å²) in [5.41, 5.74) is 6.27. The molecule has 0 aliphatic heterocycles. The normalized spacial score (nSPS) is 11.2. The van der Waals surface area contributed by atoms with Crippen molar-refractivity contribution in [1.29, 1.82) is 0 Å². The van der Waals surface area contributed by atoms with Gasteiger partial charge in [0.05, 0.1) is 0 Å². The van der Waals surface area contributed by atoms with Gasteiger partial charge in [-0.3, -0.25) is 0 Å². The zero-order valence-electron chi connectivity index (χ0n) is 11.0. The number of rotatable bonds is 3. The number of nitrogens with two attached hydrogens (primary N) is 1. The Bertz CT molecular complexity index is 427. The first-order valence-electron chi connectivity index (χ1n) is 5.85. The Morgan fingerprint density at radius 3 is 2.56 bits per heavy atom. The summed E-state index contributed by atoms with van der Waals surface area (Å²) in [5, 5.41) is 5.35. The van der Waals surface area contributed by atoms with Crippen molar-refractivity contribution >= 4 is 6.03 Å². The highest BCUT2D eigenvalue weighted by molar-refractivity contribution is 5.74. The van der Waals surface area contributed by atoms with Crippen molar-refractivity contribution < 1.29 is 9.18 Å². The molecular weight excluding hydrogens is 233 g/mol. The van der Waals surface area contributed by atoms with Crippen LogP contribution in [0.3, 0.4) is 0 Å². The standard InChI is InChI=1S/C13H20FN3O/c1-13(2,3)17-12(18)16-8-10-5-4-9(7-15)6-11(10)14/h4-6H,7-8,15H2,1-3H3,(H2,16,17,18). The first kappa shape index (κ1) is 14.4. The van der Waals surface area contributed by atoms with E-state index in [-0.39, 0.29) is 23.9 Å². The second-order valence-electron chi connectivity index (χ2n) is 5.19. The number of carbonyl (C=O) groups excluding carboxylic acids is 1. The van der Waals surface area contributed by atoms with Crippen molar-refractivity contribution in [2.24, 2.45) is 5.73 Å². The number of benzene rings is 1. The smallest absolute Gasteiger partial charge is 0.315 e. The van der Waals surface area contributed by atoms with Gasteiger partial charge in [0.15, 0.2) is 0 Å². The zero-order chi connectivity index (χ0) is 13.8. The molecule has 0 unspecified atom stereocenters. The molecule has 4 nitrogen and oxygen atoms in total. The lowest BCUT2D eigenvalue weighted by Gasteiger charge is -2.20. The van der Waals surface area contributed by atoms with E-state index in [1.54, 1.807) is 12.1 Å². The van der Waals surface area contributed by atoms with Gasteiger partial charge in [-0.05, 0) is 32.4 Å². The minimum Gasteiger partial charge on any atom is -0.334 e. The molecular formula is C13H20FN3O. The number of hydrogen-bond donors (Lipinski definition) is 3. The van der Waals surface area contributed by atoms with Crippen molar-refractivity contribution in [1.82, 2.24) is 10.6 Å². The number of nitrogens with one attached hydrogen (secondary N) is 2. The maximum atomic E-state index is 13.6. The number of carbonyl (C=O) groups is 1. The zero-order valence-corrected chi connectivity index (χ0v) is 11.0. The first-order chi connectivity index (χ1) is 8.31. The molecule has 0 radical (unpaired) electrons. The maximum absolute atomic E-state index is 13.6.